The first-order valence-electron chi connectivity index (χ1n) is 8.73. The van der Waals surface area contributed by atoms with E-state index in [1.807, 2.05) is 0 Å². The molecule has 2 fully saturated rings. The Morgan fingerprint density at radius 1 is 1.19 bits per heavy atom. The summed E-state index contributed by atoms with van der Waals surface area (Å²) in [6.07, 6.45) is -0.162. The molecule has 2 saturated heterocycles. The van der Waals surface area contributed by atoms with Crippen LogP contribution in [0.2, 0.25) is 0 Å². The van der Waals surface area contributed by atoms with Crippen LogP contribution in [0, 0.1) is 5.82 Å². The summed E-state index contributed by atoms with van der Waals surface area (Å²) in [5.74, 6) is -1.71. The van der Waals surface area contributed by atoms with E-state index in [1.165, 1.54) is 24.1 Å². The van der Waals surface area contributed by atoms with Gasteiger partial charge in [0.15, 0.2) is 17.7 Å². The lowest BCUT2D eigenvalue weighted by molar-refractivity contribution is -0.136. The number of benzene rings is 1. The molecule has 0 unspecified atom stereocenters. The molecule has 0 aromatic heterocycles. The fraction of sp³-hybridized carbons (Fsp3) is 0.500. The van der Waals surface area contributed by atoms with Crippen LogP contribution in [-0.2, 0) is 9.53 Å². The zero-order valence-electron chi connectivity index (χ0n) is 14.9. The molecule has 2 amide bonds. The third-order valence-corrected chi connectivity index (χ3v) is 4.99. The topological polar surface area (TPSA) is 96.4 Å². The standard InChI is InChI=1S/C18H21FN2O6/c1-26-17(23)11-2-3-14(13(19)10-11)27-15-6-9-21(16(15)22)12-4-7-20(8-5-12)18(24)25/h2-3,10,12,15H,4-9H2,1H3,(H,24,25)/t15-/m0/s1. The molecule has 0 spiro atoms. The number of carboxylic acid groups (broad SMARTS) is 1. The predicted molar refractivity (Wildman–Crippen MR) is 91.1 cm³/mol. The number of methoxy groups -OCH3 is 1. The van der Waals surface area contributed by atoms with Crippen molar-refractivity contribution in [1.82, 2.24) is 9.80 Å². The number of esters is 1. The van der Waals surface area contributed by atoms with E-state index in [9.17, 15) is 18.8 Å². The number of hydrogen-bond donors (Lipinski definition) is 1. The monoisotopic (exact) mass is 380 g/mol. The molecule has 0 bridgehead atoms. The number of nitrogens with zero attached hydrogens (tertiary/aromatic N) is 2. The lowest BCUT2D eigenvalue weighted by atomic mass is 10.0. The highest BCUT2D eigenvalue weighted by Crippen LogP contribution is 2.27. The Labute approximate surface area is 155 Å². The highest BCUT2D eigenvalue weighted by Gasteiger charge is 2.39. The van der Waals surface area contributed by atoms with E-state index in [1.54, 1.807) is 4.90 Å². The molecule has 2 heterocycles. The van der Waals surface area contributed by atoms with Gasteiger partial charge in [-0.2, -0.15) is 0 Å². The largest absolute Gasteiger partial charge is 0.477 e. The first-order chi connectivity index (χ1) is 12.9. The predicted octanol–water partition coefficient (Wildman–Crippen LogP) is 1.73. The van der Waals surface area contributed by atoms with E-state index in [0.29, 0.717) is 38.9 Å². The number of piperidine rings is 1. The van der Waals surface area contributed by atoms with Crippen LogP contribution in [0.5, 0.6) is 5.75 Å². The average Bonchev–Trinajstić information content (AvgIpc) is 3.03. The number of hydrogen-bond acceptors (Lipinski definition) is 5. The minimum Gasteiger partial charge on any atom is -0.477 e. The minimum absolute atomic E-state index is 0.0340. The van der Waals surface area contributed by atoms with Crippen LogP contribution in [0.1, 0.15) is 29.6 Å². The van der Waals surface area contributed by atoms with Gasteiger partial charge in [-0.15, -0.1) is 0 Å². The van der Waals surface area contributed by atoms with Crippen molar-refractivity contribution in [3.8, 4) is 5.75 Å². The van der Waals surface area contributed by atoms with Crippen LogP contribution in [0.3, 0.4) is 0 Å². The van der Waals surface area contributed by atoms with E-state index >= 15 is 0 Å². The number of amides is 2. The van der Waals surface area contributed by atoms with Gasteiger partial charge >= 0.3 is 12.1 Å². The Bertz CT molecular complexity index is 747. The first-order valence-corrected chi connectivity index (χ1v) is 8.73. The molecule has 9 heteroatoms. The molecular weight excluding hydrogens is 359 g/mol. The highest BCUT2D eigenvalue weighted by molar-refractivity contribution is 5.89. The summed E-state index contributed by atoms with van der Waals surface area (Å²) in [4.78, 5) is 38.1. The quantitative estimate of drug-likeness (QED) is 0.800. The van der Waals surface area contributed by atoms with E-state index in [2.05, 4.69) is 4.74 Å². The van der Waals surface area contributed by atoms with Crippen LogP contribution in [0.4, 0.5) is 9.18 Å². The molecule has 1 aromatic rings. The summed E-state index contributed by atoms with van der Waals surface area (Å²) in [6, 6.07) is 3.67. The first kappa shape index (κ1) is 18.9. The maximum Gasteiger partial charge on any atom is 0.407 e. The maximum absolute atomic E-state index is 14.2. The van der Waals surface area contributed by atoms with Crippen molar-refractivity contribution in [3.63, 3.8) is 0 Å². The van der Waals surface area contributed by atoms with Gasteiger partial charge < -0.3 is 24.4 Å². The normalized spacial score (nSPS) is 20.7. The summed E-state index contributed by atoms with van der Waals surface area (Å²) < 4.78 is 24.3. The molecule has 27 heavy (non-hydrogen) atoms. The third kappa shape index (κ3) is 3.96. The Hall–Kier alpha value is -2.84. The van der Waals surface area contributed by atoms with Crippen LogP contribution in [0.25, 0.3) is 0 Å². The lowest BCUT2D eigenvalue weighted by Crippen LogP contribution is -2.48. The van der Waals surface area contributed by atoms with Gasteiger partial charge in [0.25, 0.3) is 5.91 Å². The molecule has 8 nitrogen and oxygen atoms in total. The van der Waals surface area contributed by atoms with Crippen LogP contribution in [0.15, 0.2) is 18.2 Å². The summed E-state index contributed by atoms with van der Waals surface area (Å²) in [5, 5.41) is 9.00. The Balaban J connectivity index is 1.61. The van der Waals surface area contributed by atoms with Crippen molar-refractivity contribution in [2.24, 2.45) is 0 Å². The van der Waals surface area contributed by atoms with E-state index < -0.39 is 24.0 Å². The fourth-order valence-corrected chi connectivity index (χ4v) is 3.51. The van der Waals surface area contributed by atoms with E-state index in [4.69, 9.17) is 9.84 Å². The van der Waals surface area contributed by atoms with Crippen LogP contribution in [-0.4, -0.2) is 71.8 Å². The third-order valence-electron chi connectivity index (χ3n) is 4.99. The molecule has 2 aliphatic rings. The molecular formula is C18H21FN2O6. The zero-order chi connectivity index (χ0) is 19.6. The van der Waals surface area contributed by atoms with Gasteiger partial charge in [0.2, 0.25) is 0 Å². The van der Waals surface area contributed by atoms with Gasteiger partial charge in [-0.05, 0) is 31.0 Å². The van der Waals surface area contributed by atoms with E-state index in [0.717, 1.165) is 6.07 Å². The Morgan fingerprint density at radius 3 is 2.48 bits per heavy atom. The number of carbonyl (C=O) groups is 3. The summed E-state index contributed by atoms with van der Waals surface area (Å²) >= 11 is 0. The van der Waals surface area contributed by atoms with Gasteiger partial charge in [-0.25, -0.2) is 14.0 Å². The SMILES string of the molecule is COC(=O)c1ccc(O[C@H]2CCN(C3CCN(C(=O)O)CC3)C2=O)c(F)c1. The highest BCUT2D eigenvalue weighted by atomic mass is 19.1. The van der Waals surface area contributed by atoms with Gasteiger partial charge in [0.05, 0.1) is 12.7 Å². The number of carbonyl (C=O) groups excluding carboxylic acids is 2. The average molecular weight is 380 g/mol. The molecule has 0 aliphatic carbocycles. The number of ether oxygens (including phenoxy) is 2. The minimum atomic E-state index is -0.951. The summed E-state index contributed by atoms with van der Waals surface area (Å²) in [5.41, 5.74) is 0.0620. The van der Waals surface area contributed by atoms with Gasteiger partial charge in [-0.3, -0.25) is 4.79 Å². The molecule has 1 atom stereocenters. The second-order valence-electron chi connectivity index (χ2n) is 6.56. The molecule has 0 saturated carbocycles. The maximum atomic E-state index is 14.2. The summed E-state index contributed by atoms with van der Waals surface area (Å²) in [7, 11) is 1.21. The smallest absolute Gasteiger partial charge is 0.407 e. The Morgan fingerprint density at radius 2 is 1.89 bits per heavy atom. The van der Waals surface area contributed by atoms with Crippen LogP contribution < -0.4 is 4.74 Å². The second kappa shape index (κ2) is 7.81. The fourth-order valence-electron chi connectivity index (χ4n) is 3.51. The molecule has 146 valence electrons. The van der Waals surface area contributed by atoms with Gasteiger partial charge in [-0.1, -0.05) is 0 Å². The van der Waals surface area contributed by atoms with E-state index in [-0.39, 0.29) is 23.3 Å². The summed E-state index contributed by atoms with van der Waals surface area (Å²) in [6.45, 7) is 1.26. The van der Waals surface area contributed by atoms with Crippen LogP contribution >= 0.6 is 0 Å². The van der Waals surface area contributed by atoms with Gasteiger partial charge in [0, 0.05) is 32.1 Å². The molecule has 1 N–H and O–H groups in total. The number of likely N-dealkylation sites (tertiary alicyclic amines) is 2. The number of rotatable bonds is 4. The van der Waals surface area contributed by atoms with Crippen molar-refractivity contribution in [2.45, 2.75) is 31.4 Å². The van der Waals surface area contributed by atoms with Crippen molar-refractivity contribution in [3.05, 3.63) is 29.6 Å². The van der Waals surface area contributed by atoms with Crippen molar-refractivity contribution >= 4 is 18.0 Å². The molecule has 3 rings (SSSR count). The Kier molecular flexibility index (Phi) is 5.48. The van der Waals surface area contributed by atoms with Crippen molar-refractivity contribution < 1.29 is 33.4 Å². The molecule has 0 radical (unpaired) electrons. The van der Waals surface area contributed by atoms with Crippen molar-refractivity contribution in [1.29, 1.82) is 0 Å². The molecule has 2 aliphatic heterocycles. The van der Waals surface area contributed by atoms with Gasteiger partial charge in [0.1, 0.15) is 0 Å². The lowest BCUT2D eigenvalue weighted by Gasteiger charge is -2.35. The molecule has 1 aromatic carbocycles. The zero-order valence-corrected chi connectivity index (χ0v) is 14.9. The second-order valence-corrected chi connectivity index (χ2v) is 6.56. The number of halogens is 1. The van der Waals surface area contributed by atoms with Crippen molar-refractivity contribution in [2.75, 3.05) is 26.7 Å².